The molecule has 0 aliphatic heterocycles. The minimum absolute atomic E-state index is 0.0403. The summed E-state index contributed by atoms with van der Waals surface area (Å²) in [5.41, 5.74) is 0.0403. The summed E-state index contributed by atoms with van der Waals surface area (Å²) in [5, 5.41) is 20.4. The molecule has 0 aliphatic rings. The number of thioether (sulfide) groups is 1. The van der Waals surface area contributed by atoms with Gasteiger partial charge in [0.25, 0.3) is 0 Å². The van der Waals surface area contributed by atoms with E-state index in [0.29, 0.717) is 5.13 Å². The molecule has 0 aromatic carbocycles. The lowest BCUT2D eigenvalue weighted by molar-refractivity contribution is -0.116. The Morgan fingerprint density at radius 2 is 2.24 bits per heavy atom. The smallest absolute Gasteiger partial charge is 0.360 e. The van der Waals surface area contributed by atoms with Crippen LogP contribution in [0.5, 0.6) is 0 Å². The summed E-state index contributed by atoms with van der Waals surface area (Å²) in [6.07, 6.45) is 1.34. The number of methoxy groups -OCH3 is 1. The molecule has 9 nitrogen and oxygen atoms in total. The third-order valence-corrected chi connectivity index (χ3v) is 5.89. The second kappa shape index (κ2) is 8.18. The van der Waals surface area contributed by atoms with Crippen molar-refractivity contribution in [3.05, 3.63) is 34.3 Å². The molecule has 0 unspecified atom stereocenters. The first-order valence-corrected chi connectivity index (χ1v) is 9.59. The molecule has 130 valence electrons. The minimum atomic E-state index is -0.608. The normalized spacial score (nSPS) is 10.6. The molecule has 1 N–H and O–H groups in total. The van der Waals surface area contributed by atoms with E-state index in [1.807, 2.05) is 11.4 Å². The van der Waals surface area contributed by atoms with E-state index in [0.717, 1.165) is 10.1 Å². The summed E-state index contributed by atoms with van der Waals surface area (Å²) in [5.74, 6) is -0.134. The van der Waals surface area contributed by atoms with E-state index in [2.05, 4.69) is 36.6 Å². The third kappa shape index (κ3) is 4.84. The van der Waals surface area contributed by atoms with Crippen LogP contribution in [0.25, 0.3) is 0 Å². The van der Waals surface area contributed by atoms with Crippen LogP contribution < -0.4 is 5.32 Å². The number of aromatic nitrogens is 5. The van der Waals surface area contributed by atoms with E-state index >= 15 is 0 Å². The quantitative estimate of drug-likeness (QED) is 0.366. The predicted octanol–water partition coefficient (Wildman–Crippen LogP) is 1.91. The van der Waals surface area contributed by atoms with Crippen LogP contribution in [-0.2, 0) is 21.8 Å². The van der Waals surface area contributed by atoms with Crippen LogP contribution >= 0.6 is 34.4 Å². The zero-order valence-electron chi connectivity index (χ0n) is 12.9. The highest BCUT2D eigenvalue weighted by Crippen LogP contribution is 2.29. The number of amides is 1. The lowest BCUT2D eigenvalue weighted by atomic mass is 10.5. The average molecular weight is 396 g/mol. The van der Waals surface area contributed by atoms with Gasteiger partial charge in [-0.15, -0.1) is 26.6 Å². The first-order valence-electron chi connectivity index (χ1n) is 6.91. The van der Waals surface area contributed by atoms with Crippen LogP contribution in [0.15, 0.2) is 28.0 Å². The molecule has 0 aliphatic carbocycles. The van der Waals surface area contributed by atoms with E-state index in [-0.39, 0.29) is 18.1 Å². The molecule has 1 amide bonds. The highest BCUT2D eigenvalue weighted by atomic mass is 32.2. The van der Waals surface area contributed by atoms with Crippen molar-refractivity contribution in [2.24, 2.45) is 0 Å². The monoisotopic (exact) mass is 396 g/mol. The highest BCUT2D eigenvalue weighted by molar-refractivity contribution is 8.00. The van der Waals surface area contributed by atoms with E-state index in [9.17, 15) is 9.59 Å². The molecule has 0 radical (unpaired) electrons. The number of rotatable bonds is 7. The topological polar surface area (TPSA) is 112 Å². The number of hydrogen-bond donors (Lipinski definition) is 1. The lowest BCUT2D eigenvalue weighted by Gasteiger charge is -1.99. The molecule has 25 heavy (non-hydrogen) atoms. The first kappa shape index (κ1) is 17.5. The molecule has 3 rings (SSSR count). The Kier molecular flexibility index (Phi) is 5.73. The van der Waals surface area contributed by atoms with Gasteiger partial charge in [-0.05, 0) is 11.4 Å². The van der Waals surface area contributed by atoms with Gasteiger partial charge in [0.1, 0.15) is 6.54 Å². The number of carbonyl (C=O) groups is 2. The van der Waals surface area contributed by atoms with E-state index in [1.165, 1.54) is 34.2 Å². The molecule has 0 bridgehead atoms. The lowest BCUT2D eigenvalue weighted by Crippen LogP contribution is -2.19. The van der Waals surface area contributed by atoms with Crippen LogP contribution in [0, 0.1) is 0 Å². The Morgan fingerprint density at radius 1 is 1.36 bits per heavy atom. The van der Waals surface area contributed by atoms with Crippen LogP contribution in [-0.4, -0.2) is 44.2 Å². The van der Waals surface area contributed by atoms with Crippen molar-refractivity contribution < 1.29 is 14.3 Å². The SMILES string of the molecule is COC(=O)c1cn(CC(=O)Nc2nnc(SCc3cccs3)s2)nn1. The molecule has 0 spiro atoms. The largest absolute Gasteiger partial charge is 0.464 e. The molecule has 3 heterocycles. The molecule has 3 aromatic heterocycles. The van der Waals surface area contributed by atoms with Crippen molar-refractivity contribution in [3.8, 4) is 0 Å². The highest BCUT2D eigenvalue weighted by Gasteiger charge is 2.14. The number of anilines is 1. The molecule has 0 atom stereocenters. The fourth-order valence-electron chi connectivity index (χ4n) is 1.73. The number of nitrogens with one attached hydrogen (secondary N) is 1. The summed E-state index contributed by atoms with van der Waals surface area (Å²) in [6.45, 7) is -0.0960. The van der Waals surface area contributed by atoms with Crippen LogP contribution in [0.1, 0.15) is 15.4 Å². The van der Waals surface area contributed by atoms with Gasteiger partial charge in [-0.1, -0.05) is 34.4 Å². The number of hydrogen-bond acceptors (Lipinski definition) is 10. The Morgan fingerprint density at radius 3 is 3.00 bits per heavy atom. The van der Waals surface area contributed by atoms with Gasteiger partial charge >= 0.3 is 5.97 Å². The van der Waals surface area contributed by atoms with E-state index < -0.39 is 5.97 Å². The molecule has 0 saturated carbocycles. The number of esters is 1. The maximum Gasteiger partial charge on any atom is 0.360 e. The van der Waals surface area contributed by atoms with Crippen LogP contribution in [0.2, 0.25) is 0 Å². The number of nitrogens with zero attached hydrogens (tertiary/aromatic N) is 5. The van der Waals surface area contributed by atoms with Crippen molar-refractivity contribution in [1.82, 2.24) is 25.2 Å². The van der Waals surface area contributed by atoms with Crippen molar-refractivity contribution in [2.45, 2.75) is 16.6 Å². The first-order chi connectivity index (χ1) is 12.1. The summed E-state index contributed by atoms with van der Waals surface area (Å²) in [4.78, 5) is 24.5. The summed E-state index contributed by atoms with van der Waals surface area (Å²) in [7, 11) is 1.25. The Balaban J connectivity index is 1.51. The molecule has 3 aromatic rings. The van der Waals surface area contributed by atoms with Gasteiger partial charge < -0.3 is 4.74 Å². The summed E-state index contributed by atoms with van der Waals surface area (Å²) < 4.78 is 6.55. The number of thiophene rings is 1. The maximum atomic E-state index is 12.0. The minimum Gasteiger partial charge on any atom is -0.464 e. The fourth-order valence-corrected chi connectivity index (χ4v) is 4.27. The van der Waals surface area contributed by atoms with Gasteiger partial charge in [-0.25, -0.2) is 9.48 Å². The Labute approximate surface area is 154 Å². The average Bonchev–Trinajstić information content (AvgIpc) is 3.34. The summed E-state index contributed by atoms with van der Waals surface area (Å²) >= 11 is 4.55. The fraction of sp³-hybridized carbons (Fsp3) is 0.231. The number of carbonyl (C=O) groups excluding carboxylic acids is 2. The molecular formula is C13H12N6O3S3. The van der Waals surface area contributed by atoms with Gasteiger partial charge in [0, 0.05) is 10.6 Å². The maximum absolute atomic E-state index is 12.0. The second-order valence-corrected chi connectivity index (χ2v) is 7.81. The Bertz CT molecular complexity index is 860. The van der Waals surface area contributed by atoms with Gasteiger partial charge in [0.2, 0.25) is 11.0 Å². The van der Waals surface area contributed by atoms with Gasteiger partial charge in [-0.2, -0.15) is 0 Å². The summed E-state index contributed by atoms with van der Waals surface area (Å²) in [6, 6.07) is 4.06. The van der Waals surface area contributed by atoms with Crippen molar-refractivity contribution >= 4 is 51.4 Å². The molecular weight excluding hydrogens is 384 g/mol. The van der Waals surface area contributed by atoms with E-state index in [4.69, 9.17) is 0 Å². The van der Waals surface area contributed by atoms with Crippen LogP contribution in [0.4, 0.5) is 5.13 Å². The molecule has 0 saturated heterocycles. The third-order valence-electron chi connectivity index (χ3n) is 2.81. The van der Waals surface area contributed by atoms with Crippen LogP contribution in [0.3, 0.4) is 0 Å². The standard InChI is InChI=1S/C13H12N6O3S3/c1-22-11(21)9-5-19(18-15-9)6-10(20)14-12-16-17-13(25-12)24-7-8-3-2-4-23-8/h2-5H,6-7H2,1H3,(H,14,16,20). The van der Waals surface area contributed by atoms with Crippen molar-refractivity contribution in [2.75, 3.05) is 12.4 Å². The predicted molar refractivity (Wildman–Crippen MR) is 93.8 cm³/mol. The van der Waals surface area contributed by atoms with Crippen molar-refractivity contribution in [1.29, 1.82) is 0 Å². The van der Waals surface area contributed by atoms with E-state index in [1.54, 1.807) is 23.1 Å². The second-order valence-electron chi connectivity index (χ2n) is 4.58. The molecule has 12 heteroatoms. The zero-order chi connectivity index (χ0) is 17.6. The van der Waals surface area contributed by atoms with Gasteiger partial charge in [-0.3, -0.25) is 10.1 Å². The zero-order valence-corrected chi connectivity index (χ0v) is 15.4. The molecule has 0 fully saturated rings. The van der Waals surface area contributed by atoms with Gasteiger partial charge in [0.05, 0.1) is 13.3 Å². The Hall–Kier alpha value is -2.31. The van der Waals surface area contributed by atoms with Crippen molar-refractivity contribution in [3.63, 3.8) is 0 Å². The van der Waals surface area contributed by atoms with Gasteiger partial charge in [0.15, 0.2) is 10.0 Å². The number of ether oxygens (including phenoxy) is 1.